The number of aliphatic imine (C=N–C) groups is 1. The van der Waals surface area contributed by atoms with Crippen LogP contribution < -0.4 is 10.6 Å². The molecule has 0 atom stereocenters. The standard InChI is InChI=1S/C22H32N4O.HI/c1-4-23-21(24-15-12-20-17(2)26-27-18(20)3)25-16-22(13-8-9-14-22)19-10-6-5-7-11-19;/h5-7,10-11H,4,8-9,12-16H2,1-3H3,(H2,23,24,25);1H. The molecule has 2 N–H and O–H groups in total. The number of hydrogen-bond donors (Lipinski definition) is 2. The molecule has 1 aromatic carbocycles. The summed E-state index contributed by atoms with van der Waals surface area (Å²) in [5, 5.41) is 10.9. The minimum absolute atomic E-state index is 0. The fourth-order valence-corrected chi connectivity index (χ4v) is 4.12. The molecule has 6 heteroatoms. The van der Waals surface area contributed by atoms with Crippen molar-refractivity contribution in [3.63, 3.8) is 0 Å². The number of benzene rings is 1. The summed E-state index contributed by atoms with van der Waals surface area (Å²) in [4.78, 5) is 4.96. The molecule has 0 bridgehead atoms. The molecule has 0 aliphatic heterocycles. The lowest BCUT2D eigenvalue weighted by molar-refractivity contribution is 0.392. The summed E-state index contributed by atoms with van der Waals surface area (Å²) < 4.78 is 5.25. The lowest BCUT2D eigenvalue weighted by Gasteiger charge is -2.28. The minimum atomic E-state index is 0. The van der Waals surface area contributed by atoms with Gasteiger partial charge in [0.2, 0.25) is 0 Å². The Morgan fingerprint density at radius 2 is 1.86 bits per heavy atom. The normalized spacial score (nSPS) is 15.9. The Kier molecular flexibility index (Phi) is 8.79. The van der Waals surface area contributed by atoms with E-state index in [2.05, 4.69) is 53.0 Å². The summed E-state index contributed by atoms with van der Waals surface area (Å²) in [5.41, 5.74) is 3.78. The van der Waals surface area contributed by atoms with Crippen molar-refractivity contribution in [1.29, 1.82) is 0 Å². The summed E-state index contributed by atoms with van der Waals surface area (Å²) in [7, 11) is 0. The topological polar surface area (TPSA) is 62.5 Å². The van der Waals surface area contributed by atoms with Crippen molar-refractivity contribution in [2.24, 2.45) is 4.99 Å². The molecule has 1 saturated carbocycles. The maximum Gasteiger partial charge on any atom is 0.191 e. The number of nitrogens with one attached hydrogen (secondary N) is 2. The third-order valence-corrected chi connectivity index (χ3v) is 5.68. The van der Waals surface area contributed by atoms with Crippen LogP contribution in [0.4, 0.5) is 0 Å². The molecule has 3 rings (SSSR count). The molecule has 0 radical (unpaired) electrons. The molecule has 1 fully saturated rings. The second-order valence-electron chi connectivity index (χ2n) is 7.53. The van der Waals surface area contributed by atoms with E-state index in [1.807, 2.05) is 13.8 Å². The van der Waals surface area contributed by atoms with E-state index in [0.29, 0.717) is 0 Å². The van der Waals surface area contributed by atoms with E-state index in [1.54, 1.807) is 0 Å². The molecule has 2 aromatic rings. The van der Waals surface area contributed by atoms with Gasteiger partial charge in [0, 0.05) is 24.1 Å². The van der Waals surface area contributed by atoms with Crippen molar-refractivity contribution in [3.05, 3.63) is 52.9 Å². The van der Waals surface area contributed by atoms with Crippen molar-refractivity contribution in [1.82, 2.24) is 15.8 Å². The predicted octanol–water partition coefficient (Wildman–Crippen LogP) is 4.52. The zero-order valence-corrected chi connectivity index (χ0v) is 19.6. The zero-order chi connectivity index (χ0) is 19.1. The van der Waals surface area contributed by atoms with Gasteiger partial charge in [-0.25, -0.2) is 0 Å². The fourth-order valence-electron chi connectivity index (χ4n) is 4.12. The van der Waals surface area contributed by atoms with E-state index in [4.69, 9.17) is 9.52 Å². The molecular weight excluding hydrogens is 463 g/mol. The zero-order valence-electron chi connectivity index (χ0n) is 17.3. The minimum Gasteiger partial charge on any atom is -0.361 e. The lowest BCUT2D eigenvalue weighted by atomic mass is 9.79. The van der Waals surface area contributed by atoms with Gasteiger partial charge in [-0.1, -0.05) is 48.3 Å². The number of hydrogen-bond acceptors (Lipinski definition) is 3. The Balaban J connectivity index is 0.00000280. The summed E-state index contributed by atoms with van der Waals surface area (Å²) in [6.07, 6.45) is 5.91. The van der Waals surface area contributed by atoms with Gasteiger partial charge >= 0.3 is 0 Å². The molecular formula is C22H33IN4O. The van der Waals surface area contributed by atoms with Crippen LogP contribution >= 0.6 is 24.0 Å². The number of nitrogens with zero attached hydrogens (tertiary/aromatic N) is 2. The van der Waals surface area contributed by atoms with Crippen LogP contribution in [0.25, 0.3) is 0 Å². The number of guanidine groups is 1. The predicted molar refractivity (Wildman–Crippen MR) is 126 cm³/mol. The molecule has 1 heterocycles. The fraction of sp³-hybridized carbons (Fsp3) is 0.545. The largest absolute Gasteiger partial charge is 0.361 e. The quantitative estimate of drug-likeness (QED) is 0.336. The molecule has 1 aromatic heterocycles. The number of halogens is 1. The highest BCUT2D eigenvalue weighted by Crippen LogP contribution is 2.41. The van der Waals surface area contributed by atoms with Crippen molar-refractivity contribution in [3.8, 4) is 0 Å². The Labute approximate surface area is 185 Å². The van der Waals surface area contributed by atoms with Crippen molar-refractivity contribution in [2.45, 2.75) is 58.3 Å². The molecule has 154 valence electrons. The molecule has 0 amide bonds. The van der Waals surface area contributed by atoms with Crippen molar-refractivity contribution in [2.75, 3.05) is 19.6 Å². The smallest absolute Gasteiger partial charge is 0.191 e. The maximum absolute atomic E-state index is 5.25. The van der Waals surface area contributed by atoms with E-state index < -0.39 is 0 Å². The summed E-state index contributed by atoms with van der Waals surface area (Å²) >= 11 is 0. The van der Waals surface area contributed by atoms with Gasteiger partial charge < -0.3 is 15.2 Å². The highest BCUT2D eigenvalue weighted by atomic mass is 127. The van der Waals surface area contributed by atoms with E-state index in [9.17, 15) is 0 Å². The average molecular weight is 496 g/mol. The van der Waals surface area contributed by atoms with Crippen LogP contribution in [0.5, 0.6) is 0 Å². The van der Waals surface area contributed by atoms with Gasteiger partial charge in [-0.05, 0) is 45.6 Å². The summed E-state index contributed by atoms with van der Waals surface area (Å²) in [6, 6.07) is 10.9. The first kappa shape index (κ1) is 22.7. The molecule has 0 spiro atoms. The maximum atomic E-state index is 5.25. The van der Waals surface area contributed by atoms with Crippen LogP contribution in [0.2, 0.25) is 0 Å². The third-order valence-electron chi connectivity index (χ3n) is 5.68. The van der Waals surface area contributed by atoms with E-state index in [0.717, 1.165) is 43.5 Å². The van der Waals surface area contributed by atoms with Crippen molar-refractivity contribution >= 4 is 29.9 Å². The number of rotatable bonds is 7. The highest BCUT2D eigenvalue weighted by Gasteiger charge is 2.35. The van der Waals surface area contributed by atoms with Crippen LogP contribution in [0.3, 0.4) is 0 Å². The number of aryl methyl sites for hydroxylation is 2. The van der Waals surface area contributed by atoms with Gasteiger partial charge in [0.1, 0.15) is 5.76 Å². The molecule has 0 unspecified atom stereocenters. The Morgan fingerprint density at radius 1 is 1.14 bits per heavy atom. The molecule has 1 aliphatic rings. The van der Waals surface area contributed by atoms with Crippen LogP contribution in [-0.2, 0) is 11.8 Å². The first-order valence-corrected chi connectivity index (χ1v) is 10.1. The highest BCUT2D eigenvalue weighted by molar-refractivity contribution is 14.0. The number of aromatic nitrogens is 1. The van der Waals surface area contributed by atoms with Gasteiger partial charge in [-0.3, -0.25) is 4.99 Å². The van der Waals surface area contributed by atoms with Crippen LogP contribution in [-0.4, -0.2) is 30.8 Å². The van der Waals surface area contributed by atoms with E-state index in [-0.39, 0.29) is 29.4 Å². The Bertz CT molecular complexity index is 732. The SMILES string of the molecule is CCNC(=NCC1(c2ccccc2)CCCC1)NCCc1c(C)noc1C.I. The third kappa shape index (κ3) is 5.49. The second kappa shape index (κ2) is 10.8. The molecule has 5 nitrogen and oxygen atoms in total. The van der Waals surface area contributed by atoms with Gasteiger partial charge in [0.15, 0.2) is 5.96 Å². The van der Waals surface area contributed by atoms with Gasteiger partial charge in [0.05, 0.1) is 12.2 Å². The summed E-state index contributed by atoms with van der Waals surface area (Å²) in [6.45, 7) is 8.57. The Morgan fingerprint density at radius 3 is 2.46 bits per heavy atom. The van der Waals surface area contributed by atoms with E-state index >= 15 is 0 Å². The molecule has 0 saturated heterocycles. The van der Waals surface area contributed by atoms with Gasteiger partial charge in [-0.15, -0.1) is 24.0 Å². The first-order valence-electron chi connectivity index (χ1n) is 10.1. The Hall–Kier alpha value is -1.57. The second-order valence-corrected chi connectivity index (χ2v) is 7.53. The monoisotopic (exact) mass is 496 g/mol. The van der Waals surface area contributed by atoms with Gasteiger partial charge in [0.25, 0.3) is 0 Å². The molecule has 28 heavy (non-hydrogen) atoms. The van der Waals surface area contributed by atoms with Crippen LogP contribution in [0.1, 0.15) is 55.2 Å². The van der Waals surface area contributed by atoms with Gasteiger partial charge in [-0.2, -0.15) is 0 Å². The lowest BCUT2D eigenvalue weighted by Crippen LogP contribution is -2.39. The average Bonchev–Trinajstić information content (AvgIpc) is 3.29. The summed E-state index contributed by atoms with van der Waals surface area (Å²) in [5.74, 6) is 1.80. The van der Waals surface area contributed by atoms with Crippen molar-refractivity contribution < 1.29 is 4.52 Å². The first-order chi connectivity index (χ1) is 13.1. The molecule has 1 aliphatic carbocycles. The van der Waals surface area contributed by atoms with Crippen LogP contribution in [0.15, 0.2) is 39.8 Å². The van der Waals surface area contributed by atoms with E-state index in [1.165, 1.54) is 36.8 Å². The van der Waals surface area contributed by atoms with Crippen LogP contribution in [0, 0.1) is 13.8 Å².